The maximum Gasteiger partial charge on any atom is 0.146 e. The minimum absolute atomic E-state index is 0.0418. The average Bonchev–Trinajstić information content (AvgIpc) is 2.30. The summed E-state index contributed by atoms with van der Waals surface area (Å²) >= 11 is 0. The molecule has 0 bridgehead atoms. The van der Waals surface area contributed by atoms with Crippen LogP contribution in [0.15, 0.2) is 46.6 Å². The van der Waals surface area contributed by atoms with Crippen molar-refractivity contribution in [2.75, 3.05) is 0 Å². The number of phenols is 2. The monoisotopic (exact) mass is 250 g/mol. The topological polar surface area (TPSA) is 65.2 Å². The Labute approximate surface area is 101 Å². The third-order valence-corrected chi connectivity index (χ3v) is 2.14. The Morgan fingerprint density at radius 3 is 1.44 bits per heavy atom. The summed E-state index contributed by atoms with van der Waals surface area (Å²) in [4.78, 5) is 0. The Morgan fingerprint density at radius 2 is 1.11 bits per heavy atom. The number of aromatic hydroxyl groups is 2. The number of benzene rings is 2. The van der Waals surface area contributed by atoms with Crippen LogP contribution in [-0.4, -0.2) is 10.2 Å². The second-order valence-electron chi connectivity index (χ2n) is 3.47. The molecule has 0 fully saturated rings. The SMILES string of the molecule is Oc1cc(F)ccc1N=Nc1ccc(F)cc1O. The van der Waals surface area contributed by atoms with E-state index in [1.54, 1.807) is 0 Å². The average molecular weight is 250 g/mol. The zero-order chi connectivity index (χ0) is 13.1. The molecule has 2 rings (SSSR count). The first-order valence-corrected chi connectivity index (χ1v) is 4.95. The summed E-state index contributed by atoms with van der Waals surface area (Å²) in [6, 6.07) is 6.46. The maximum absolute atomic E-state index is 12.7. The van der Waals surface area contributed by atoms with Gasteiger partial charge in [0.25, 0.3) is 0 Å². The lowest BCUT2D eigenvalue weighted by atomic mass is 10.3. The van der Waals surface area contributed by atoms with Crippen LogP contribution in [0.5, 0.6) is 11.5 Å². The highest BCUT2D eigenvalue weighted by Gasteiger charge is 2.03. The lowest BCUT2D eigenvalue weighted by molar-refractivity contribution is 0.467. The molecule has 0 aliphatic heterocycles. The van der Waals surface area contributed by atoms with Crippen molar-refractivity contribution in [1.29, 1.82) is 0 Å². The predicted octanol–water partition coefficient (Wildman–Crippen LogP) is 3.79. The number of nitrogens with zero attached hydrogens (tertiary/aromatic N) is 2. The molecule has 0 radical (unpaired) electrons. The predicted molar refractivity (Wildman–Crippen MR) is 60.3 cm³/mol. The summed E-state index contributed by atoms with van der Waals surface area (Å²) in [6.45, 7) is 0. The van der Waals surface area contributed by atoms with E-state index in [4.69, 9.17) is 0 Å². The number of azo groups is 1. The van der Waals surface area contributed by atoms with Gasteiger partial charge in [-0.3, -0.25) is 0 Å². The van der Waals surface area contributed by atoms with Gasteiger partial charge in [-0.2, -0.15) is 0 Å². The highest BCUT2D eigenvalue weighted by Crippen LogP contribution is 2.31. The standard InChI is InChI=1S/C12H8F2N2O2/c13-7-1-3-9(11(17)5-7)15-16-10-4-2-8(14)6-12(10)18/h1-6,17-18H. The fourth-order valence-corrected chi connectivity index (χ4v) is 1.27. The Hall–Kier alpha value is -2.50. The van der Waals surface area contributed by atoms with Crippen molar-refractivity contribution in [2.45, 2.75) is 0 Å². The van der Waals surface area contributed by atoms with Crippen LogP contribution >= 0.6 is 0 Å². The van der Waals surface area contributed by atoms with Crippen LogP contribution in [-0.2, 0) is 0 Å². The third-order valence-electron chi connectivity index (χ3n) is 2.14. The van der Waals surface area contributed by atoms with E-state index in [1.807, 2.05) is 0 Å². The van der Waals surface area contributed by atoms with E-state index < -0.39 is 11.6 Å². The van der Waals surface area contributed by atoms with E-state index in [1.165, 1.54) is 12.1 Å². The van der Waals surface area contributed by atoms with Crippen molar-refractivity contribution >= 4 is 11.4 Å². The molecular formula is C12H8F2N2O2. The first-order valence-electron chi connectivity index (χ1n) is 4.95. The van der Waals surface area contributed by atoms with Gasteiger partial charge in [-0.25, -0.2) is 8.78 Å². The highest BCUT2D eigenvalue weighted by atomic mass is 19.1. The van der Waals surface area contributed by atoms with Gasteiger partial charge in [-0.1, -0.05) is 0 Å². The van der Waals surface area contributed by atoms with Crippen LogP contribution in [0.2, 0.25) is 0 Å². The van der Waals surface area contributed by atoms with Gasteiger partial charge in [-0.05, 0) is 24.3 Å². The van der Waals surface area contributed by atoms with Crippen molar-refractivity contribution in [3.05, 3.63) is 48.0 Å². The Kier molecular flexibility index (Phi) is 3.18. The van der Waals surface area contributed by atoms with Gasteiger partial charge in [0.15, 0.2) is 0 Å². The van der Waals surface area contributed by atoms with Gasteiger partial charge in [0.05, 0.1) is 0 Å². The first kappa shape index (κ1) is 12.0. The van der Waals surface area contributed by atoms with Gasteiger partial charge in [-0.15, -0.1) is 10.2 Å². The molecule has 6 heteroatoms. The van der Waals surface area contributed by atoms with Crippen LogP contribution in [0.1, 0.15) is 0 Å². The quantitative estimate of drug-likeness (QED) is 0.796. The van der Waals surface area contributed by atoms with Crippen LogP contribution in [0.3, 0.4) is 0 Å². The van der Waals surface area contributed by atoms with Crippen LogP contribution in [0.4, 0.5) is 20.2 Å². The van der Waals surface area contributed by atoms with Gasteiger partial charge >= 0.3 is 0 Å². The van der Waals surface area contributed by atoms with Crippen molar-refractivity contribution in [3.63, 3.8) is 0 Å². The molecule has 0 atom stereocenters. The minimum atomic E-state index is -0.601. The molecule has 0 aromatic heterocycles. The van der Waals surface area contributed by atoms with Crippen LogP contribution < -0.4 is 0 Å². The minimum Gasteiger partial charge on any atom is -0.506 e. The fourth-order valence-electron chi connectivity index (χ4n) is 1.27. The Morgan fingerprint density at radius 1 is 0.722 bits per heavy atom. The van der Waals surface area contributed by atoms with Crippen LogP contribution in [0, 0.1) is 11.6 Å². The number of halogens is 2. The third kappa shape index (κ3) is 2.60. The van der Waals surface area contributed by atoms with Crippen molar-refractivity contribution < 1.29 is 19.0 Å². The zero-order valence-corrected chi connectivity index (χ0v) is 9.01. The van der Waals surface area contributed by atoms with E-state index in [-0.39, 0.29) is 22.9 Å². The Balaban J connectivity index is 2.30. The number of rotatable bonds is 2. The van der Waals surface area contributed by atoms with Crippen molar-refractivity contribution in [1.82, 2.24) is 0 Å². The van der Waals surface area contributed by atoms with E-state index in [0.29, 0.717) is 0 Å². The van der Waals surface area contributed by atoms with E-state index in [0.717, 1.165) is 24.3 Å². The second-order valence-corrected chi connectivity index (χ2v) is 3.47. The summed E-state index contributed by atoms with van der Waals surface area (Å²) in [5.74, 6) is -1.95. The molecule has 0 spiro atoms. The lowest BCUT2D eigenvalue weighted by Gasteiger charge is -1.99. The van der Waals surface area contributed by atoms with Crippen molar-refractivity contribution in [3.8, 4) is 11.5 Å². The molecule has 0 aliphatic carbocycles. The second kappa shape index (κ2) is 4.79. The highest BCUT2D eigenvalue weighted by molar-refractivity contribution is 5.53. The molecule has 2 aromatic rings. The van der Waals surface area contributed by atoms with E-state index in [9.17, 15) is 19.0 Å². The first-order chi connectivity index (χ1) is 8.56. The number of phenolic OH excluding ortho intramolecular Hbond substituents is 2. The fraction of sp³-hybridized carbons (Fsp3) is 0. The number of hydrogen-bond donors (Lipinski definition) is 2. The van der Waals surface area contributed by atoms with Gasteiger partial charge in [0, 0.05) is 12.1 Å². The summed E-state index contributed by atoms with van der Waals surface area (Å²) in [5.41, 5.74) is 0.0836. The molecule has 92 valence electrons. The number of hydrogen-bond acceptors (Lipinski definition) is 4. The summed E-state index contributed by atoms with van der Waals surface area (Å²) in [5, 5.41) is 26.0. The Bertz CT molecular complexity index is 562. The van der Waals surface area contributed by atoms with Gasteiger partial charge < -0.3 is 10.2 Å². The molecule has 0 amide bonds. The summed E-state index contributed by atoms with van der Waals surface area (Å²) in [6.07, 6.45) is 0. The van der Waals surface area contributed by atoms with Crippen LogP contribution in [0.25, 0.3) is 0 Å². The molecule has 0 unspecified atom stereocenters. The maximum atomic E-state index is 12.7. The molecule has 0 saturated heterocycles. The summed E-state index contributed by atoms with van der Waals surface area (Å²) in [7, 11) is 0. The van der Waals surface area contributed by atoms with Crippen molar-refractivity contribution in [2.24, 2.45) is 10.2 Å². The molecular weight excluding hydrogens is 242 g/mol. The zero-order valence-electron chi connectivity index (χ0n) is 9.01. The molecule has 2 N–H and O–H groups in total. The largest absolute Gasteiger partial charge is 0.506 e. The lowest BCUT2D eigenvalue weighted by Crippen LogP contribution is -1.74. The molecule has 0 saturated carbocycles. The van der Waals surface area contributed by atoms with Gasteiger partial charge in [0.1, 0.15) is 34.5 Å². The molecule has 2 aromatic carbocycles. The normalized spacial score (nSPS) is 11.0. The molecule has 4 nitrogen and oxygen atoms in total. The summed E-state index contributed by atoms with van der Waals surface area (Å²) < 4.78 is 25.4. The van der Waals surface area contributed by atoms with E-state index >= 15 is 0 Å². The molecule has 0 aliphatic rings. The molecule has 0 heterocycles. The van der Waals surface area contributed by atoms with Gasteiger partial charge in [0.2, 0.25) is 0 Å². The smallest absolute Gasteiger partial charge is 0.146 e. The van der Waals surface area contributed by atoms with E-state index in [2.05, 4.69) is 10.2 Å². The molecule has 18 heavy (non-hydrogen) atoms.